The molecule has 0 amide bonds. The molecule has 1 aliphatic carbocycles. The summed E-state index contributed by atoms with van der Waals surface area (Å²) in [6, 6.07) is 21.0. The van der Waals surface area contributed by atoms with Crippen molar-refractivity contribution in [1.82, 2.24) is 34.0 Å². The molecule has 2 saturated heterocycles. The van der Waals surface area contributed by atoms with Gasteiger partial charge in [0.25, 0.3) is 0 Å². The minimum Gasteiger partial charge on any atom is -0.495 e. The number of aromatic nitrogens is 4. The van der Waals surface area contributed by atoms with Gasteiger partial charge in [-0.25, -0.2) is 27.1 Å². The molecule has 3 aliphatic rings. The molecule has 400 valence electrons. The minimum absolute atomic E-state index is 0.0441. The lowest BCUT2D eigenvalue weighted by Crippen LogP contribution is -2.38. The first-order chi connectivity index (χ1) is 35.6. The number of hydrogen-bond donors (Lipinski definition) is 4. The molecule has 0 atom stereocenters. The van der Waals surface area contributed by atoms with E-state index in [4.69, 9.17) is 32.7 Å². The van der Waals surface area contributed by atoms with E-state index in [-0.39, 0.29) is 38.3 Å². The van der Waals surface area contributed by atoms with E-state index in [0.29, 0.717) is 70.8 Å². The molecule has 75 heavy (non-hydrogen) atoms. The quantitative estimate of drug-likeness (QED) is 0.0560. The molecule has 6 aromatic rings. The Balaban J connectivity index is 0.000000199. The van der Waals surface area contributed by atoms with E-state index in [1.807, 2.05) is 19.2 Å². The predicted octanol–water partition coefficient (Wildman–Crippen LogP) is 10.1. The molecule has 0 radical (unpaired) electrons. The summed E-state index contributed by atoms with van der Waals surface area (Å²) in [4.78, 5) is 21.2. The second-order valence-corrected chi connectivity index (χ2v) is 27.6. The monoisotopic (exact) mass is 1130 g/mol. The molecular formula is C49H55Cl2F4N11O6P2S. The second kappa shape index (κ2) is 23.0. The van der Waals surface area contributed by atoms with Crippen molar-refractivity contribution in [3.63, 3.8) is 0 Å². The van der Waals surface area contributed by atoms with Crippen LogP contribution in [0, 0.1) is 5.82 Å². The molecule has 2 aromatic heterocycles. The van der Waals surface area contributed by atoms with Crippen LogP contribution in [0.15, 0.2) is 96.2 Å². The zero-order valence-corrected chi connectivity index (χ0v) is 45.6. The highest BCUT2D eigenvalue weighted by Gasteiger charge is 2.38. The van der Waals surface area contributed by atoms with Crippen LogP contribution in [-0.4, -0.2) is 135 Å². The van der Waals surface area contributed by atoms with Crippen LogP contribution in [0.3, 0.4) is 0 Å². The summed E-state index contributed by atoms with van der Waals surface area (Å²) in [6.45, 7) is 3.20. The summed E-state index contributed by atoms with van der Waals surface area (Å²) in [5.74, 6) is -0.0131. The van der Waals surface area contributed by atoms with Crippen molar-refractivity contribution in [2.45, 2.75) is 30.0 Å². The Morgan fingerprint density at radius 3 is 1.73 bits per heavy atom. The van der Waals surface area contributed by atoms with Gasteiger partial charge in [0.05, 0.1) is 48.2 Å². The van der Waals surface area contributed by atoms with Gasteiger partial charge in [0.1, 0.15) is 52.9 Å². The number of nitrogens with one attached hydrogen (secondary N) is 4. The third-order valence-corrected chi connectivity index (χ3v) is 21.6. The van der Waals surface area contributed by atoms with Crippen LogP contribution < -0.4 is 41.3 Å². The highest BCUT2D eigenvalue weighted by molar-refractivity contribution is 7.89. The van der Waals surface area contributed by atoms with Gasteiger partial charge in [-0.05, 0) is 86.6 Å². The molecule has 0 bridgehead atoms. The molecule has 1 saturated carbocycles. The maximum Gasteiger partial charge on any atom is 0.421 e. The maximum atomic E-state index is 13.7. The van der Waals surface area contributed by atoms with Crippen molar-refractivity contribution in [2.75, 3.05) is 107 Å². The molecule has 4 heterocycles. The van der Waals surface area contributed by atoms with E-state index in [1.54, 1.807) is 49.6 Å². The van der Waals surface area contributed by atoms with Crippen molar-refractivity contribution >= 4 is 104 Å². The van der Waals surface area contributed by atoms with Gasteiger partial charge in [-0.1, -0.05) is 35.3 Å². The zero-order valence-electron chi connectivity index (χ0n) is 41.5. The number of ether oxygens (including phenoxy) is 2. The smallest absolute Gasteiger partial charge is 0.421 e. The van der Waals surface area contributed by atoms with Gasteiger partial charge in [0.2, 0.25) is 21.9 Å². The number of sulfonamides is 1. The first kappa shape index (κ1) is 55.7. The third kappa shape index (κ3) is 13.2. The summed E-state index contributed by atoms with van der Waals surface area (Å²) in [5, 5.41) is 13.1. The SMILES string of the molecule is COc1cc(P2(=O)CCN(C)CC2)ccc1Nc1ncc(Cl)c(Nc2ccccc2S(=O)(=O)N(C)C)n1.COc1cc(P2(=O)CCN(C3CC3)CC2)ccc1Nc1ncc(C(F)(F)F)c(Nc2ccc(F)cc2Cl)n1. The second-order valence-electron chi connectivity index (χ2n) is 18.3. The van der Waals surface area contributed by atoms with Gasteiger partial charge < -0.3 is 44.8 Å². The van der Waals surface area contributed by atoms with E-state index in [2.05, 4.69) is 51.0 Å². The molecule has 4 N–H and O–H groups in total. The predicted molar refractivity (Wildman–Crippen MR) is 288 cm³/mol. The fraction of sp³-hybridized carbons (Fsp3) is 0.347. The van der Waals surface area contributed by atoms with Crippen LogP contribution in [0.2, 0.25) is 10.0 Å². The lowest BCUT2D eigenvalue weighted by Gasteiger charge is -2.32. The Bertz CT molecular complexity index is 3270. The molecule has 26 heteroatoms. The zero-order chi connectivity index (χ0) is 53.9. The number of anilines is 8. The summed E-state index contributed by atoms with van der Waals surface area (Å²) >= 11 is 12.3. The van der Waals surface area contributed by atoms with E-state index in [9.17, 15) is 35.1 Å². The van der Waals surface area contributed by atoms with Crippen molar-refractivity contribution < 1.29 is 44.6 Å². The molecular weight excluding hydrogens is 1080 g/mol. The Hall–Kier alpha value is -5.57. The fourth-order valence-electron chi connectivity index (χ4n) is 8.42. The Labute approximate surface area is 442 Å². The van der Waals surface area contributed by atoms with Crippen LogP contribution in [0.5, 0.6) is 11.5 Å². The van der Waals surface area contributed by atoms with Crippen LogP contribution in [0.4, 0.5) is 63.8 Å². The largest absolute Gasteiger partial charge is 0.495 e. The average Bonchev–Trinajstić information content (AvgIpc) is 4.23. The normalized spacial score (nSPS) is 16.9. The number of para-hydroxylation sites is 1. The van der Waals surface area contributed by atoms with Crippen molar-refractivity contribution in [2.24, 2.45) is 0 Å². The molecule has 0 spiro atoms. The van der Waals surface area contributed by atoms with Gasteiger partial charge >= 0.3 is 6.18 Å². The number of hydrogen-bond acceptors (Lipinski definition) is 16. The number of benzene rings is 4. The average molecular weight is 1130 g/mol. The van der Waals surface area contributed by atoms with Gasteiger partial charge in [-0.15, -0.1) is 0 Å². The standard InChI is InChI=1S/C25H25ClF4N5O2P.C24H30ClN6O4PS/c1-37-22-13-17(38(36)10-8-35(9-11-38)16-3-4-16)5-7-21(22)33-24-31-14-18(25(28,29)30)23(34-24)32-20-6-2-15(27)12-19(20)26;1-30(2)37(33,34)22-8-6-5-7-20(22)27-23-18(25)16-26-24(29-23)28-19-10-9-17(15-21(19)35-4)36(32)13-11-31(3)12-14-36/h2,5-7,12-14,16H,3-4,8-11H2,1H3,(H2,31,32,33,34);5-10,15-16H,11-14H2,1-4H3,(H2,26,27,28,29). The lowest BCUT2D eigenvalue weighted by atomic mass is 10.2. The number of methoxy groups -OCH3 is 2. The summed E-state index contributed by atoms with van der Waals surface area (Å²) < 4.78 is 119. The topological polar surface area (TPSA) is 196 Å². The summed E-state index contributed by atoms with van der Waals surface area (Å²) in [7, 11) is -0.815. The Morgan fingerprint density at radius 1 is 0.680 bits per heavy atom. The maximum absolute atomic E-state index is 13.7. The molecule has 0 unspecified atom stereocenters. The number of halogens is 6. The van der Waals surface area contributed by atoms with E-state index in [1.165, 1.54) is 52.4 Å². The first-order valence-electron chi connectivity index (χ1n) is 23.6. The molecule has 2 aliphatic heterocycles. The van der Waals surface area contributed by atoms with Crippen LogP contribution in [-0.2, 0) is 25.3 Å². The van der Waals surface area contributed by atoms with Gasteiger partial charge in [0, 0.05) is 87.8 Å². The first-order valence-corrected chi connectivity index (χ1v) is 29.9. The van der Waals surface area contributed by atoms with Crippen LogP contribution in [0.1, 0.15) is 18.4 Å². The van der Waals surface area contributed by atoms with Crippen molar-refractivity contribution in [3.05, 3.63) is 113 Å². The minimum atomic E-state index is -4.76. The summed E-state index contributed by atoms with van der Waals surface area (Å²) in [6.07, 6.45) is 2.19. The summed E-state index contributed by atoms with van der Waals surface area (Å²) in [5.41, 5.74) is 0.234. The van der Waals surface area contributed by atoms with Gasteiger partial charge in [-0.3, -0.25) is 4.90 Å². The van der Waals surface area contributed by atoms with Gasteiger partial charge in [0.15, 0.2) is 5.82 Å². The highest BCUT2D eigenvalue weighted by Crippen LogP contribution is 2.50. The lowest BCUT2D eigenvalue weighted by molar-refractivity contribution is -0.137. The molecule has 17 nitrogen and oxygen atoms in total. The third-order valence-electron chi connectivity index (χ3n) is 13.0. The molecule has 9 rings (SSSR count). The molecule has 3 fully saturated rings. The number of alkyl halides is 3. The van der Waals surface area contributed by atoms with Crippen molar-refractivity contribution in [1.29, 1.82) is 0 Å². The van der Waals surface area contributed by atoms with E-state index < -0.39 is 47.7 Å². The number of nitrogens with zero attached hydrogens (tertiary/aromatic N) is 7. The van der Waals surface area contributed by atoms with Gasteiger partial charge in [-0.2, -0.15) is 23.1 Å². The fourth-order valence-corrected chi connectivity index (χ4v) is 15.2. The Kier molecular flexibility index (Phi) is 17.0. The number of rotatable bonds is 15. The Morgan fingerprint density at radius 2 is 1.20 bits per heavy atom. The van der Waals surface area contributed by atoms with E-state index >= 15 is 0 Å². The van der Waals surface area contributed by atoms with Crippen LogP contribution >= 0.6 is 37.5 Å². The highest BCUT2D eigenvalue weighted by atomic mass is 35.5. The molecule has 4 aromatic carbocycles. The van der Waals surface area contributed by atoms with Crippen molar-refractivity contribution in [3.8, 4) is 11.5 Å². The van der Waals surface area contributed by atoms with E-state index in [0.717, 1.165) is 47.9 Å². The van der Waals surface area contributed by atoms with Crippen LogP contribution in [0.25, 0.3) is 0 Å².